The Labute approximate surface area is 96.8 Å². The van der Waals surface area contributed by atoms with Crippen LogP contribution in [0.2, 0.25) is 0 Å². The average molecular weight is 262 g/mol. The van der Waals surface area contributed by atoms with Gasteiger partial charge in [0, 0.05) is 11.8 Å². The molecule has 0 spiro atoms. The Balaban J connectivity index is 2.81. The summed E-state index contributed by atoms with van der Waals surface area (Å²) in [6.45, 7) is 0. The number of halogens is 1. The molecule has 0 N–H and O–H groups in total. The van der Waals surface area contributed by atoms with Gasteiger partial charge in [-0.15, -0.1) is 0 Å². The SMILES string of the molecule is O=[C]CCCCCCCCCCCBr. The fourth-order valence-electron chi connectivity index (χ4n) is 1.53. The largest absolute Gasteiger partial charge is 0.291 e. The van der Waals surface area contributed by atoms with Crippen molar-refractivity contribution in [2.75, 3.05) is 5.33 Å². The Hall–Kier alpha value is 0.150. The van der Waals surface area contributed by atoms with E-state index in [9.17, 15) is 4.79 Å². The first-order valence-corrected chi connectivity index (χ1v) is 6.95. The third-order valence-electron chi connectivity index (χ3n) is 2.41. The van der Waals surface area contributed by atoms with E-state index < -0.39 is 0 Å². The normalized spacial score (nSPS) is 10.4. The van der Waals surface area contributed by atoms with Crippen LogP contribution < -0.4 is 0 Å². The van der Waals surface area contributed by atoms with E-state index >= 15 is 0 Å². The molecule has 1 radical (unpaired) electrons. The standard InChI is InChI=1S/C12H22BrO/c13-11-9-7-5-3-1-2-4-6-8-10-12-14/h1-11H2. The summed E-state index contributed by atoms with van der Waals surface area (Å²) in [6.07, 6.45) is 14.3. The summed E-state index contributed by atoms with van der Waals surface area (Å²) >= 11 is 3.44. The van der Waals surface area contributed by atoms with Crippen molar-refractivity contribution in [3.05, 3.63) is 0 Å². The second kappa shape index (κ2) is 13.2. The molecule has 0 bridgehead atoms. The summed E-state index contributed by atoms with van der Waals surface area (Å²) in [6, 6.07) is 0. The zero-order valence-electron chi connectivity index (χ0n) is 9.06. The minimum absolute atomic E-state index is 0.630. The first-order valence-electron chi connectivity index (χ1n) is 5.82. The Bertz CT molecular complexity index is 115. The summed E-state index contributed by atoms with van der Waals surface area (Å²) in [5, 5.41) is 1.15. The van der Waals surface area contributed by atoms with E-state index in [-0.39, 0.29) is 0 Å². The Kier molecular flexibility index (Phi) is 13.3. The van der Waals surface area contributed by atoms with Gasteiger partial charge in [-0.3, -0.25) is 4.79 Å². The molecule has 83 valence electrons. The van der Waals surface area contributed by atoms with Crippen molar-refractivity contribution < 1.29 is 4.79 Å². The molecular formula is C12H22BrO. The quantitative estimate of drug-likeness (QED) is 0.398. The molecule has 0 aromatic heterocycles. The van der Waals surface area contributed by atoms with Crippen molar-refractivity contribution in [3.8, 4) is 0 Å². The van der Waals surface area contributed by atoms with Crippen LogP contribution in [-0.2, 0) is 4.79 Å². The fraction of sp³-hybridized carbons (Fsp3) is 0.917. The highest BCUT2D eigenvalue weighted by Crippen LogP contribution is 2.10. The average Bonchev–Trinajstić information content (AvgIpc) is 2.21. The van der Waals surface area contributed by atoms with Crippen molar-refractivity contribution in [1.29, 1.82) is 0 Å². The van der Waals surface area contributed by atoms with Crippen LogP contribution in [0.4, 0.5) is 0 Å². The van der Waals surface area contributed by atoms with Crippen molar-refractivity contribution in [1.82, 2.24) is 0 Å². The van der Waals surface area contributed by atoms with Gasteiger partial charge >= 0.3 is 0 Å². The van der Waals surface area contributed by atoms with Gasteiger partial charge in [-0.05, 0) is 12.8 Å². The van der Waals surface area contributed by atoms with E-state index in [1.165, 1.54) is 51.4 Å². The molecule has 1 nitrogen and oxygen atoms in total. The molecule has 0 aliphatic rings. The van der Waals surface area contributed by atoms with Crippen LogP contribution in [-0.4, -0.2) is 11.6 Å². The molecule has 0 amide bonds. The van der Waals surface area contributed by atoms with E-state index in [0.29, 0.717) is 6.42 Å². The second-order valence-corrected chi connectivity index (χ2v) is 4.56. The zero-order chi connectivity index (χ0) is 10.5. The Morgan fingerprint density at radius 3 is 1.57 bits per heavy atom. The van der Waals surface area contributed by atoms with Gasteiger partial charge in [-0.2, -0.15) is 0 Å². The maximum atomic E-state index is 9.91. The smallest absolute Gasteiger partial charge is 0.198 e. The van der Waals surface area contributed by atoms with Crippen molar-refractivity contribution in [2.45, 2.75) is 64.2 Å². The first kappa shape index (κ1) is 14.2. The second-order valence-electron chi connectivity index (χ2n) is 3.77. The lowest BCUT2D eigenvalue weighted by atomic mass is 10.1. The minimum atomic E-state index is 0.630. The van der Waals surface area contributed by atoms with Crippen LogP contribution in [0.3, 0.4) is 0 Å². The van der Waals surface area contributed by atoms with Gasteiger partial charge in [-0.1, -0.05) is 60.9 Å². The van der Waals surface area contributed by atoms with E-state index in [0.717, 1.165) is 11.8 Å². The molecule has 0 saturated carbocycles. The van der Waals surface area contributed by atoms with Crippen molar-refractivity contribution in [3.63, 3.8) is 0 Å². The van der Waals surface area contributed by atoms with E-state index in [4.69, 9.17) is 0 Å². The third kappa shape index (κ3) is 12.2. The number of unbranched alkanes of at least 4 members (excludes halogenated alkanes) is 9. The number of alkyl halides is 1. The van der Waals surface area contributed by atoms with Crippen molar-refractivity contribution in [2.24, 2.45) is 0 Å². The third-order valence-corrected chi connectivity index (χ3v) is 2.97. The highest BCUT2D eigenvalue weighted by molar-refractivity contribution is 9.09. The molecule has 0 heterocycles. The van der Waals surface area contributed by atoms with Gasteiger partial charge < -0.3 is 0 Å². The molecule has 0 unspecified atom stereocenters. The highest BCUT2D eigenvalue weighted by atomic mass is 79.9. The van der Waals surface area contributed by atoms with Crippen LogP contribution in [0.5, 0.6) is 0 Å². The van der Waals surface area contributed by atoms with Crippen LogP contribution in [0.15, 0.2) is 0 Å². The van der Waals surface area contributed by atoms with Gasteiger partial charge in [0.25, 0.3) is 0 Å². The molecule has 2 heteroatoms. The van der Waals surface area contributed by atoms with Crippen LogP contribution in [0, 0.1) is 0 Å². The lowest BCUT2D eigenvalue weighted by molar-refractivity contribution is 0.538. The Morgan fingerprint density at radius 1 is 0.714 bits per heavy atom. The first-order chi connectivity index (χ1) is 6.91. The predicted molar refractivity (Wildman–Crippen MR) is 65.7 cm³/mol. The lowest BCUT2D eigenvalue weighted by Crippen LogP contribution is -1.82. The topological polar surface area (TPSA) is 17.1 Å². The van der Waals surface area contributed by atoms with Gasteiger partial charge in [0.05, 0.1) is 0 Å². The van der Waals surface area contributed by atoms with Gasteiger partial charge in [-0.25, -0.2) is 0 Å². The summed E-state index contributed by atoms with van der Waals surface area (Å²) in [4.78, 5) is 9.91. The summed E-state index contributed by atoms with van der Waals surface area (Å²) in [7, 11) is 0. The minimum Gasteiger partial charge on any atom is -0.291 e. The molecule has 0 aromatic rings. The summed E-state index contributed by atoms with van der Waals surface area (Å²) < 4.78 is 0. The molecule has 0 fully saturated rings. The maximum absolute atomic E-state index is 9.91. The molecule has 0 aromatic carbocycles. The van der Waals surface area contributed by atoms with E-state index in [1.54, 1.807) is 0 Å². The monoisotopic (exact) mass is 261 g/mol. The number of rotatable bonds is 11. The van der Waals surface area contributed by atoms with Crippen LogP contribution in [0.1, 0.15) is 64.2 Å². The van der Waals surface area contributed by atoms with Gasteiger partial charge in [0.2, 0.25) is 0 Å². The van der Waals surface area contributed by atoms with Crippen LogP contribution in [0.25, 0.3) is 0 Å². The van der Waals surface area contributed by atoms with Gasteiger partial charge in [0.1, 0.15) is 0 Å². The number of hydrogen-bond donors (Lipinski definition) is 0. The van der Waals surface area contributed by atoms with Crippen molar-refractivity contribution >= 4 is 22.2 Å². The molecule has 0 aliphatic heterocycles. The molecule has 0 saturated heterocycles. The van der Waals surface area contributed by atoms with Crippen LogP contribution >= 0.6 is 15.9 Å². The van der Waals surface area contributed by atoms with Gasteiger partial charge in [0.15, 0.2) is 6.29 Å². The molecule has 0 aliphatic carbocycles. The lowest BCUT2D eigenvalue weighted by Gasteiger charge is -2.00. The fourth-order valence-corrected chi connectivity index (χ4v) is 1.93. The highest BCUT2D eigenvalue weighted by Gasteiger charge is 1.92. The molecule has 0 atom stereocenters. The van der Waals surface area contributed by atoms with E-state index in [1.807, 2.05) is 6.29 Å². The number of carbonyl (C=O) groups excluding carboxylic acids is 1. The number of hydrogen-bond acceptors (Lipinski definition) is 1. The predicted octanol–water partition coefficient (Wildman–Crippen LogP) is 4.39. The zero-order valence-corrected chi connectivity index (χ0v) is 10.7. The maximum Gasteiger partial charge on any atom is 0.198 e. The summed E-state index contributed by atoms with van der Waals surface area (Å²) in [5.74, 6) is 0. The molecule has 14 heavy (non-hydrogen) atoms. The van der Waals surface area contributed by atoms with E-state index in [2.05, 4.69) is 15.9 Å². The molecular weight excluding hydrogens is 240 g/mol. The summed E-state index contributed by atoms with van der Waals surface area (Å²) in [5.41, 5.74) is 0. The Morgan fingerprint density at radius 2 is 1.14 bits per heavy atom. The molecule has 0 rings (SSSR count).